The topological polar surface area (TPSA) is 37.8 Å². The number of nitrogens with one attached hydrogen (secondary N) is 1. The zero-order valence-electron chi connectivity index (χ0n) is 8.79. The molecule has 1 N–H and O–H groups in total. The van der Waals surface area contributed by atoms with Gasteiger partial charge in [-0.05, 0) is 25.2 Å². The van der Waals surface area contributed by atoms with E-state index in [0.29, 0.717) is 6.04 Å². The lowest BCUT2D eigenvalue weighted by Crippen LogP contribution is -2.14. The van der Waals surface area contributed by atoms with Crippen LogP contribution in [0.2, 0.25) is 0 Å². The number of aromatic nitrogens is 2. The molecule has 0 aromatic carbocycles. The van der Waals surface area contributed by atoms with Gasteiger partial charge < -0.3 is 5.32 Å². The molecule has 1 aromatic heterocycles. The second-order valence-electron chi connectivity index (χ2n) is 4.13. The number of anilines is 1. The molecule has 3 nitrogen and oxygen atoms in total. The molecule has 0 aliphatic heterocycles. The molecule has 2 atom stereocenters. The molecule has 4 heteroatoms. The summed E-state index contributed by atoms with van der Waals surface area (Å²) in [7, 11) is 0. The molecule has 0 spiro atoms. The van der Waals surface area contributed by atoms with E-state index in [9.17, 15) is 0 Å². The molecule has 1 fully saturated rings. The van der Waals surface area contributed by atoms with Crippen LogP contribution in [0, 0.1) is 5.92 Å². The fourth-order valence-corrected chi connectivity index (χ4v) is 2.70. The Hall–Kier alpha value is -0.640. The molecule has 2 rings (SSSR count). The molecule has 0 saturated heterocycles. The van der Waals surface area contributed by atoms with Crippen LogP contribution in [-0.4, -0.2) is 15.4 Å². The number of aryl methyl sites for hydroxylation is 1. The third-order valence-electron chi connectivity index (χ3n) is 2.81. The zero-order valence-corrected chi connectivity index (χ0v) is 9.60. The van der Waals surface area contributed by atoms with Gasteiger partial charge in [-0.3, -0.25) is 0 Å². The number of rotatable bonds is 3. The molecule has 0 bridgehead atoms. The average Bonchev–Trinajstić information content (AvgIpc) is 2.76. The minimum absolute atomic E-state index is 0.627. The van der Waals surface area contributed by atoms with Crippen molar-refractivity contribution in [2.75, 3.05) is 5.32 Å². The molecule has 1 aliphatic carbocycles. The van der Waals surface area contributed by atoms with Gasteiger partial charge in [-0.1, -0.05) is 13.8 Å². The Labute approximate surface area is 89.1 Å². The minimum Gasteiger partial charge on any atom is -0.358 e. The normalized spacial score (nSPS) is 26.7. The highest BCUT2D eigenvalue weighted by Gasteiger charge is 2.21. The summed E-state index contributed by atoms with van der Waals surface area (Å²) in [6.45, 7) is 4.41. The summed E-state index contributed by atoms with van der Waals surface area (Å²) in [5, 5.41) is 4.47. The zero-order chi connectivity index (χ0) is 9.97. The van der Waals surface area contributed by atoms with Gasteiger partial charge in [0.2, 0.25) is 5.13 Å². The standard InChI is InChI=1S/C10H17N3S/c1-3-9-12-10(14-13-9)11-8-5-4-7(2)6-8/h7-8H,3-6H2,1-2H3,(H,11,12,13). The number of hydrogen-bond donors (Lipinski definition) is 1. The van der Waals surface area contributed by atoms with Crippen molar-refractivity contribution in [2.24, 2.45) is 5.92 Å². The fourth-order valence-electron chi connectivity index (χ4n) is 1.97. The van der Waals surface area contributed by atoms with E-state index in [1.54, 1.807) is 0 Å². The van der Waals surface area contributed by atoms with Gasteiger partial charge in [0.05, 0.1) is 0 Å². The van der Waals surface area contributed by atoms with Gasteiger partial charge in [0, 0.05) is 24.0 Å². The highest BCUT2D eigenvalue weighted by atomic mass is 32.1. The van der Waals surface area contributed by atoms with Gasteiger partial charge in [0.1, 0.15) is 5.82 Å². The highest BCUT2D eigenvalue weighted by Crippen LogP contribution is 2.27. The maximum atomic E-state index is 4.41. The van der Waals surface area contributed by atoms with Crippen molar-refractivity contribution in [2.45, 2.75) is 45.6 Å². The van der Waals surface area contributed by atoms with E-state index in [0.717, 1.165) is 23.3 Å². The van der Waals surface area contributed by atoms with E-state index in [2.05, 4.69) is 28.5 Å². The largest absolute Gasteiger partial charge is 0.358 e. The summed E-state index contributed by atoms with van der Waals surface area (Å²) in [6.07, 6.45) is 4.83. The first kappa shape index (κ1) is 9.90. The second-order valence-corrected chi connectivity index (χ2v) is 4.88. The van der Waals surface area contributed by atoms with Crippen LogP contribution in [0.3, 0.4) is 0 Å². The minimum atomic E-state index is 0.627. The maximum Gasteiger partial charge on any atom is 0.202 e. The van der Waals surface area contributed by atoms with Gasteiger partial charge in [-0.2, -0.15) is 4.37 Å². The van der Waals surface area contributed by atoms with Crippen LogP contribution >= 0.6 is 11.5 Å². The first-order valence-electron chi connectivity index (χ1n) is 5.37. The molecular weight excluding hydrogens is 194 g/mol. The van der Waals surface area contributed by atoms with Gasteiger partial charge in [-0.25, -0.2) is 4.98 Å². The van der Waals surface area contributed by atoms with E-state index in [4.69, 9.17) is 0 Å². The molecule has 1 heterocycles. The summed E-state index contributed by atoms with van der Waals surface area (Å²) in [6, 6.07) is 0.627. The van der Waals surface area contributed by atoms with Gasteiger partial charge in [0.15, 0.2) is 0 Å². The van der Waals surface area contributed by atoms with Crippen molar-refractivity contribution < 1.29 is 0 Å². The van der Waals surface area contributed by atoms with Crippen molar-refractivity contribution in [3.63, 3.8) is 0 Å². The summed E-state index contributed by atoms with van der Waals surface area (Å²) >= 11 is 1.49. The summed E-state index contributed by atoms with van der Waals surface area (Å²) in [5.74, 6) is 1.83. The Morgan fingerprint density at radius 1 is 1.50 bits per heavy atom. The predicted octanol–water partition coefficient (Wildman–Crippen LogP) is 2.70. The van der Waals surface area contributed by atoms with Crippen LogP contribution in [0.4, 0.5) is 5.13 Å². The van der Waals surface area contributed by atoms with Crippen LogP contribution in [0.5, 0.6) is 0 Å². The monoisotopic (exact) mass is 211 g/mol. The fraction of sp³-hybridized carbons (Fsp3) is 0.800. The van der Waals surface area contributed by atoms with Crippen molar-refractivity contribution in [3.05, 3.63) is 5.82 Å². The second kappa shape index (κ2) is 4.26. The first-order valence-corrected chi connectivity index (χ1v) is 6.14. The van der Waals surface area contributed by atoms with E-state index < -0.39 is 0 Å². The lowest BCUT2D eigenvalue weighted by molar-refractivity contribution is 0.602. The van der Waals surface area contributed by atoms with Gasteiger partial charge >= 0.3 is 0 Å². The average molecular weight is 211 g/mol. The number of nitrogens with zero attached hydrogens (tertiary/aromatic N) is 2. The van der Waals surface area contributed by atoms with E-state index in [1.165, 1.54) is 30.8 Å². The Morgan fingerprint density at radius 3 is 2.93 bits per heavy atom. The van der Waals surface area contributed by atoms with Crippen molar-refractivity contribution >= 4 is 16.7 Å². The van der Waals surface area contributed by atoms with Crippen LogP contribution in [-0.2, 0) is 6.42 Å². The first-order chi connectivity index (χ1) is 6.78. The molecule has 1 aliphatic rings. The van der Waals surface area contributed by atoms with E-state index >= 15 is 0 Å². The van der Waals surface area contributed by atoms with Crippen LogP contribution in [0.1, 0.15) is 38.9 Å². The van der Waals surface area contributed by atoms with Gasteiger partial charge in [0.25, 0.3) is 0 Å². The maximum absolute atomic E-state index is 4.41. The molecule has 0 radical (unpaired) electrons. The third-order valence-corrected chi connectivity index (χ3v) is 3.49. The van der Waals surface area contributed by atoms with Gasteiger partial charge in [-0.15, -0.1) is 0 Å². The summed E-state index contributed by atoms with van der Waals surface area (Å²) < 4.78 is 4.26. The molecule has 1 saturated carbocycles. The molecule has 0 amide bonds. The molecule has 14 heavy (non-hydrogen) atoms. The Kier molecular flexibility index (Phi) is 3.01. The third kappa shape index (κ3) is 2.23. The van der Waals surface area contributed by atoms with Crippen LogP contribution in [0.25, 0.3) is 0 Å². The molecule has 78 valence electrons. The predicted molar refractivity (Wildman–Crippen MR) is 59.7 cm³/mol. The highest BCUT2D eigenvalue weighted by molar-refractivity contribution is 7.09. The quantitative estimate of drug-likeness (QED) is 0.835. The molecule has 1 aromatic rings. The molecule has 2 unspecified atom stereocenters. The smallest absolute Gasteiger partial charge is 0.202 e. The molecular formula is C10H17N3S. The van der Waals surface area contributed by atoms with E-state index in [-0.39, 0.29) is 0 Å². The van der Waals surface area contributed by atoms with Crippen molar-refractivity contribution in [1.29, 1.82) is 0 Å². The lowest BCUT2D eigenvalue weighted by atomic mass is 10.1. The Morgan fingerprint density at radius 2 is 2.36 bits per heavy atom. The SMILES string of the molecule is CCc1nsc(NC2CCC(C)C2)n1. The van der Waals surface area contributed by atoms with Crippen LogP contribution < -0.4 is 5.32 Å². The Bertz CT molecular complexity index is 297. The van der Waals surface area contributed by atoms with Crippen molar-refractivity contribution in [1.82, 2.24) is 9.36 Å². The number of hydrogen-bond acceptors (Lipinski definition) is 4. The van der Waals surface area contributed by atoms with Crippen molar-refractivity contribution in [3.8, 4) is 0 Å². The summed E-state index contributed by atoms with van der Waals surface area (Å²) in [5.41, 5.74) is 0. The van der Waals surface area contributed by atoms with Crippen LogP contribution in [0.15, 0.2) is 0 Å². The Balaban J connectivity index is 1.90. The van der Waals surface area contributed by atoms with E-state index in [1.807, 2.05) is 0 Å². The lowest BCUT2D eigenvalue weighted by Gasteiger charge is -2.09. The summed E-state index contributed by atoms with van der Waals surface area (Å²) in [4.78, 5) is 4.41.